The van der Waals surface area contributed by atoms with Crippen molar-refractivity contribution in [1.29, 1.82) is 0 Å². The molecule has 0 radical (unpaired) electrons. The number of rotatable bonds is 6. The van der Waals surface area contributed by atoms with E-state index in [1.54, 1.807) is 0 Å². The van der Waals surface area contributed by atoms with Crippen LogP contribution in [-0.4, -0.2) is 23.1 Å². The molecule has 106 valence electrons. The summed E-state index contributed by atoms with van der Waals surface area (Å²) in [6, 6.07) is 10.4. The van der Waals surface area contributed by atoms with Gasteiger partial charge in [-0.15, -0.1) is 0 Å². The summed E-state index contributed by atoms with van der Waals surface area (Å²) in [6.07, 6.45) is 0. The highest BCUT2D eigenvalue weighted by Crippen LogP contribution is 2.06. The molecule has 4 nitrogen and oxygen atoms in total. The zero-order valence-electron chi connectivity index (χ0n) is 12.4. The highest BCUT2D eigenvalue weighted by Gasteiger charge is 1.99. The minimum atomic E-state index is 0.709. The zero-order chi connectivity index (χ0) is 14.4. The Bertz CT molecular complexity index is 546. The normalized spacial score (nSPS) is 10.6. The van der Waals surface area contributed by atoms with E-state index in [9.17, 15) is 0 Å². The predicted molar refractivity (Wildman–Crippen MR) is 82.9 cm³/mol. The summed E-state index contributed by atoms with van der Waals surface area (Å²) in [6.45, 7) is 8.69. The first-order valence-electron chi connectivity index (χ1n) is 6.96. The molecule has 1 aromatic heterocycles. The van der Waals surface area contributed by atoms with Gasteiger partial charge in [-0.05, 0) is 38.0 Å². The van der Waals surface area contributed by atoms with Gasteiger partial charge in [-0.3, -0.25) is 0 Å². The Hall–Kier alpha value is -1.94. The average molecular weight is 270 g/mol. The summed E-state index contributed by atoms with van der Waals surface area (Å²) in [5.74, 6) is 0.709. The largest absolute Gasteiger partial charge is 0.353 e. The molecule has 0 amide bonds. The second kappa shape index (κ2) is 7.01. The Morgan fingerprint density at radius 3 is 2.35 bits per heavy atom. The second-order valence-electron chi connectivity index (χ2n) is 5.00. The zero-order valence-corrected chi connectivity index (χ0v) is 12.4. The van der Waals surface area contributed by atoms with E-state index in [4.69, 9.17) is 0 Å². The number of benzene rings is 1. The van der Waals surface area contributed by atoms with Crippen LogP contribution in [0, 0.1) is 20.8 Å². The lowest BCUT2D eigenvalue weighted by Gasteiger charge is -2.09. The van der Waals surface area contributed by atoms with Gasteiger partial charge in [-0.2, -0.15) is 0 Å². The van der Waals surface area contributed by atoms with Crippen molar-refractivity contribution in [3.63, 3.8) is 0 Å². The van der Waals surface area contributed by atoms with Crippen LogP contribution in [0.15, 0.2) is 30.3 Å². The Balaban J connectivity index is 1.73. The van der Waals surface area contributed by atoms with Crippen molar-refractivity contribution >= 4 is 5.95 Å². The average Bonchev–Trinajstić information content (AvgIpc) is 2.39. The number of aromatic nitrogens is 2. The molecule has 0 aliphatic rings. The lowest BCUT2D eigenvalue weighted by molar-refractivity contribution is 0.701. The van der Waals surface area contributed by atoms with Gasteiger partial charge in [0.05, 0.1) is 0 Å². The van der Waals surface area contributed by atoms with Gasteiger partial charge >= 0.3 is 0 Å². The van der Waals surface area contributed by atoms with E-state index in [0.717, 1.165) is 31.0 Å². The van der Waals surface area contributed by atoms with Crippen LogP contribution in [0.2, 0.25) is 0 Å². The fourth-order valence-electron chi connectivity index (χ4n) is 2.10. The summed E-state index contributed by atoms with van der Waals surface area (Å²) in [5, 5.41) is 6.67. The topological polar surface area (TPSA) is 49.8 Å². The van der Waals surface area contributed by atoms with Crippen molar-refractivity contribution in [3.05, 3.63) is 52.8 Å². The predicted octanol–water partition coefficient (Wildman–Crippen LogP) is 2.60. The molecule has 0 saturated heterocycles. The summed E-state index contributed by atoms with van der Waals surface area (Å²) < 4.78 is 0. The van der Waals surface area contributed by atoms with Crippen LogP contribution < -0.4 is 10.6 Å². The summed E-state index contributed by atoms with van der Waals surface area (Å²) in [4.78, 5) is 8.71. The molecule has 2 aromatic rings. The number of aryl methyl sites for hydroxylation is 3. The van der Waals surface area contributed by atoms with E-state index in [-0.39, 0.29) is 0 Å². The number of hydrogen-bond donors (Lipinski definition) is 2. The molecule has 0 spiro atoms. The van der Waals surface area contributed by atoms with Crippen molar-refractivity contribution in [2.45, 2.75) is 27.3 Å². The number of anilines is 1. The minimum Gasteiger partial charge on any atom is -0.353 e. The summed E-state index contributed by atoms with van der Waals surface area (Å²) in [7, 11) is 0. The first-order chi connectivity index (χ1) is 9.65. The molecule has 0 bridgehead atoms. The van der Waals surface area contributed by atoms with Gasteiger partial charge in [-0.25, -0.2) is 9.97 Å². The van der Waals surface area contributed by atoms with Gasteiger partial charge in [0.25, 0.3) is 0 Å². The van der Waals surface area contributed by atoms with Crippen LogP contribution in [-0.2, 0) is 6.54 Å². The maximum absolute atomic E-state index is 4.35. The minimum absolute atomic E-state index is 0.709. The number of nitrogens with zero attached hydrogens (tertiary/aromatic N) is 2. The van der Waals surface area contributed by atoms with Crippen molar-refractivity contribution in [2.75, 3.05) is 18.4 Å². The van der Waals surface area contributed by atoms with E-state index in [1.807, 2.05) is 19.9 Å². The molecule has 1 heterocycles. The maximum atomic E-state index is 4.35. The third-order valence-corrected chi connectivity index (χ3v) is 3.14. The molecule has 4 heteroatoms. The van der Waals surface area contributed by atoms with E-state index >= 15 is 0 Å². The van der Waals surface area contributed by atoms with Crippen LogP contribution in [0.4, 0.5) is 5.95 Å². The van der Waals surface area contributed by atoms with Gasteiger partial charge in [0.15, 0.2) is 0 Å². The summed E-state index contributed by atoms with van der Waals surface area (Å²) in [5.41, 5.74) is 4.65. The van der Waals surface area contributed by atoms with Gasteiger partial charge in [0.1, 0.15) is 0 Å². The molecule has 0 atom stereocenters. The molecule has 0 unspecified atom stereocenters. The third kappa shape index (κ3) is 4.31. The molecule has 1 aromatic carbocycles. The van der Waals surface area contributed by atoms with Crippen LogP contribution >= 0.6 is 0 Å². The maximum Gasteiger partial charge on any atom is 0.223 e. The number of nitrogens with one attached hydrogen (secondary N) is 2. The lowest BCUT2D eigenvalue weighted by atomic mass is 10.1. The van der Waals surface area contributed by atoms with Gasteiger partial charge in [0, 0.05) is 31.0 Å². The Morgan fingerprint density at radius 2 is 1.65 bits per heavy atom. The lowest BCUT2D eigenvalue weighted by Crippen LogP contribution is -2.23. The standard InChI is InChI=1S/C16H22N4/c1-12-6-4-5-7-15(12)11-17-8-9-18-16-19-13(2)10-14(3)20-16/h4-7,10,17H,8-9,11H2,1-3H3,(H,18,19,20). The molecule has 2 rings (SSSR count). The molecule has 0 saturated carbocycles. The van der Waals surface area contributed by atoms with Crippen LogP contribution in [0.1, 0.15) is 22.5 Å². The van der Waals surface area contributed by atoms with E-state index in [1.165, 1.54) is 11.1 Å². The highest BCUT2D eigenvalue weighted by molar-refractivity contribution is 5.28. The van der Waals surface area contributed by atoms with E-state index < -0.39 is 0 Å². The Labute approximate surface area is 120 Å². The van der Waals surface area contributed by atoms with Crippen LogP contribution in [0.3, 0.4) is 0 Å². The van der Waals surface area contributed by atoms with Crippen molar-refractivity contribution in [3.8, 4) is 0 Å². The molecular formula is C16H22N4. The first-order valence-corrected chi connectivity index (χ1v) is 6.96. The van der Waals surface area contributed by atoms with Gasteiger partial charge in [-0.1, -0.05) is 24.3 Å². The molecule has 0 aliphatic heterocycles. The SMILES string of the molecule is Cc1cc(C)nc(NCCNCc2ccccc2C)n1. The van der Waals surface area contributed by atoms with Crippen LogP contribution in [0.5, 0.6) is 0 Å². The molecule has 2 N–H and O–H groups in total. The van der Waals surface area contributed by atoms with Gasteiger partial charge < -0.3 is 10.6 Å². The second-order valence-corrected chi connectivity index (χ2v) is 5.00. The Morgan fingerprint density at radius 1 is 0.950 bits per heavy atom. The van der Waals surface area contributed by atoms with Crippen molar-refractivity contribution in [1.82, 2.24) is 15.3 Å². The molecule has 20 heavy (non-hydrogen) atoms. The Kier molecular flexibility index (Phi) is 5.07. The third-order valence-electron chi connectivity index (χ3n) is 3.14. The van der Waals surface area contributed by atoms with Crippen molar-refractivity contribution in [2.24, 2.45) is 0 Å². The quantitative estimate of drug-likeness (QED) is 0.792. The molecular weight excluding hydrogens is 248 g/mol. The van der Waals surface area contributed by atoms with Crippen molar-refractivity contribution < 1.29 is 0 Å². The highest BCUT2D eigenvalue weighted by atomic mass is 15.1. The first kappa shape index (κ1) is 14.5. The summed E-state index contributed by atoms with van der Waals surface area (Å²) >= 11 is 0. The molecule has 0 fully saturated rings. The number of hydrogen-bond acceptors (Lipinski definition) is 4. The smallest absolute Gasteiger partial charge is 0.223 e. The van der Waals surface area contributed by atoms with E-state index in [2.05, 4.69) is 51.8 Å². The van der Waals surface area contributed by atoms with Crippen LogP contribution in [0.25, 0.3) is 0 Å². The van der Waals surface area contributed by atoms with Gasteiger partial charge in [0.2, 0.25) is 5.95 Å². The fraction of sp³-hybridized carbons (Fsp3) is 0.375. The van der Waals surface area contributed by atoms with E-state index in [0.29, 0.717) is 5.95 Å². The monoisotopic (exact) mass is 270 g/mol. The molecule has 0 aliphatic carbocycles. The fourth-order valence-corrected chi connectivity index (χ4v) is 2.10.